The molecule has 0 spiro atoms. The van der Waals surface area contributed by atoms with Crippen molar-refractivity contribution in [2.24, 2.45) is 5.92 Å². The zero-order valence-electron chi connectivity index (χ0n) is 7.13. The van der Waals surface area contributed by atoms with Gasteiger partial charge in [-0.3, -0.25) is 0 Å². The number of hydrogen-bond donors (Lipinski definition) is 0. The third kappa shape index (κ3) is 4.59. The highest BCUT2D eigenvalue weighted by Gasteiger charge is 2.16. The third-order valence-corrected chi connectivity index (χ3v) is 3.35. The van der Waals surface area contributed by atoms with Gasteiger partial charge in [-0.2, -0.15) is 0 Å². The molecule has 1 rings (SSSR count). The maximum atomic E-state index is 10.1. The molecule has 0 amide bonds. The van der Waals surface area contributed by atoms with Crippen LogP contribution in [0.2, 0.25) is 0 Å². The van der Waals surface area contributed by atoms with Crippen LogP contribution in [0.1, 0.15) is 38.5 Å². The smallest absolute Gasteiger partial charge is 0.396 e. The average Bonchev–Trinajstić information content (AvgIpc) is 2.49. The summed E-state index contributed by atoms with van der Waals surface area (Å²) >= 11 is -3.38. The monoisotopic (exact) mass is 286 g/mol. The molecule has 0 saturated heterocycles. The van der Waals surface area contributed by atoms with Crippen molar-refractivity contribution in [3.8, 4) is 0 Å². The van der Waals surface area contributed by atoms with Crippen molar-refractivity contribution in [1.29, 1.82) is 0 Å². The molecule has 4 heteroatoms. The van der Waals surface area contributed by atoms with Crippen LogP contribution >= 0.6 is 0 Å². The molecule has 0 aromatic rings. The lowest BCUT2D eigenvalue weighted by molar-refractivity contribution is -1.63. The molecule has 0 aromatic carbocycles. The van der Waals surface area contributed by atoms with E-state index in [1.165, 1.54) is 25.7 Å². The molecule has 72 valence electrons. The Kier molecular flexibility index (Phi) is 5.45. The van der Waals surface area contributed by atoms with E-state index >= 15 is 0 Å². The number of halogens is 1. The molecule has 0 heterocycles. The molecule has 1 aliphatic carbocycles. The first-order valence-electron chi connectivity index (χ1n) is 4.48. The standard InChI is InChI=1S/C8H15IO3/c10-9(11)12-7-3-6-8-4-1-2-5-8/h8H,1-7H2. The molecular formula is C8H15IO3. The Bertz CT molecular complexity index is 113. The van der Waals surface area contributed by atoms with Gasteiger partial charge in [-0.15, -0.1) is 0 Å². The summed E-state index contributed by atoms with van der Waals surface area (Å²) in [5.41, 5.74) is 0. The summed E-state index contributed by atoms with van der Waals surface area (Å²) in [4.78, 5) is 0. The van der Waals surface area contributed by atoms with E-state index in [-0.39, 0.29) is 0 Å². The van der Waals surface area contributed by atoms with Gasteiger partial charge in [0.05, 0.1) is 0 Å². The van der Waals surface area contributed by atoms with Crippen molar-refractivity contribution < 1.29 is 31.0 Å². The summed E-state index contributed by atoms with van der Waals surface area (Å²) < 4.78 is 24.8. The molecule has 1 aliphatic rings. The van der Waals surface area contributed by atoms with Gasteiger partial charge in [-0.25, -0.2) is 0 Å². The predicted molar refractivity (Wildman–Crippen MR) is 37.1 cm³/mol. The molecule has 0 N–H and O–H groups in total. The number of hydrogen-bond acceptors (Lipinski definition) is 3. The van der Waals surface area contributed by atoms with E-state index in [4.69, 9.17) is 0 Å². The average molecular weight is 286 g/mol. The van der Waals surface area contributed by atoms with Gasteiger partial charge in [-0.1, -0.05) is 25.7 Å². The molecule has 12 heavy (non-hydrogen) atoms. The largest absolute Gasteiger partial charge is 0.506 e. The van der Waals surface area contributed by atoms with Crippen molar-refractivity contribution in [2.75, 3.05) is 6.61 Å². The predicted octanol–water partition coefficient (Wildman–Crippen LogP) is -2.94. The second-order valence-corrected chi connectivity index (χ2v) is 5.00. The van der Waals surface area contributed by atoms with E-state index in [0.717, 1.165) is 18.8 Å². The first kappa shape index (κ1) is 10.7. The summed E-state index contributed by atoms with van der Waals surface area (Å²) in [5.74, 6) is 0.842. The Morgan fingerprint density at radius 3 is 2.50 bits per heavy atom. The van der Waals surface area contributed by atoms with E-state index in [1.54, 1.807) is 0 Å². The van der Waals surface area contributed by atoms with Crippen molar-refractivity contribution in [3.63, 3.8) is 0 Å². The zero-order chi connectivity index (χ0) is 8.81. The SMILES string of the molecule is [O-][I+2]([O-])OCCCC1CCCC1. The van der Waals surface area contributed by atoms with Crippen LogP contribution < -0.4 is 27.9 Å². The van der Waals surface area contributed by atoms with E-state index < -0.39 is 21.1 Å². The minimum atomic E-state index is -3.38. The fourth-order valence-electron chi connectivity index (χ4n) is 1.79. The fourth-order valence-corrected chi connectivity index (χ4v) is 2.46. The van der Waals surface area contributed by atoms with Gasteiger partial charge in [0.2, 0.25) is 0 Å². The minimum Gasteiger partial charge on any atom is -0.396 e. The minimum absolute atomic E-state index is 0.411. The van der Waals surface area contributed by atoms with E-state index in [2.05, 4.69) is 3.07 Å². The molecular weight excluding hydrogens is 271 g/mol. The topological polar surface area (TPSA) is 55.3 Å². The second-order valence-electron chi connectivity index (χ2n) is 3.29. The van der Waals surface area contributed by atoms with Crippen LogP contribution in [0.4, 0.5) is 0 Å². The highest BCUT2D eigenvalue weighted by molar-refractivity contribution is 4.66. The van der Waals surface area contributed by atoms with Gasteiger partial charge < -0.3 is 6.87 Å². The van der Waals surface area contributed by atoms with Crippen LogP contribution in [0.5, 0.6) is 0 Å². The summed E-state index contributed by atoms with van der Waals surface area (Å²) in [7, 11) is 0. The van der Waals surface area contributed by atoms with Crippen molar-refractivity contribution in [3.05, 3.63) is 0 Å². The molecule has 0 aromatic heterocycles. The summed E-state index contributed by atoms with van der Waals surface area (Å²) in [6.45, 7) is 0.411. The second kappa shape index (κ2) is 6.12. The van der Waals surface area contributed by atoms with Gasteiger partial charge >= 0.3 is 21.1 Å². The highest BCUT2D eigenvalue weighted by Crippen LogP contribution is 2.28. The molecule has 1 fully saturated rings. The van der Waals surface area contributed by atoms with Crippen LogP contribution in [0.15, 0.2) is 0 Å². The first-order chi connectivity index (χ1) is 5.79. The van der Waals surface area contributed by atoms with Crippen LogP contribution in [-0.4, -0.2) is 6.61 Å². The Labute approximate surface area is 82.2 Å². The Hall–Kier alpha value is 0.610. The van der Waals surface area contributed by atoms with Crippen LogP contribution in [0.3, 0.4) is 0 Å². The van der Waals surface area contributed by atoms with E-state index in [1.807, 2.05) is 0 Å². The maximum Gasteiger partial charge on any atom is 0.506 e. The highest BCUT2D eigenvalue weighted by atomic mass is 127. The molecule has 0 unspecified atom stereocenters. The molecule has 0 atom stereocenters. The lowest BCUT2D eigenvalue weighted by Crippen LogP contribution is -3.99. The Balaban J connectivity index is 1.88. The van der Waals surface area contributed by atoms with Crippen LogP contribution in [-0.2, 0) is 3.07 Å². The van der Waals surface area contributed by atoms with Gasteiger partial charge in [-0.05, 0) is 21.8 Å². The summed E-state index contributed by atoms with van der Waals surface area (Å²) in [6.07, 6.45) is 7.42. The normalized spacial score (nSPS) is 19.2. The zero-order valence-corrected chi connectivity index (χ0v) is 9.29. The lowest BCUT2D eigenvalue weighted by Gasteiger charge is -2.05. The summed E-state index contributed by atoms with van der Waals surface area (Å²) in [5, 5.41) is 0. The Morgan fingerprint density at radius 1 is 1.25 bits per heavy atom. The van der Waals surface area contributed by atoms with Crippen molar-refractivity contribution in [1.82, 2.24) is 0 Å². The molecule has 1 saturated carbocycles. The van der Waals surface area contributed by atoms with Crippen LogP contribution in [0.25, 0.3) is 0 Å². The quantitative estimate of drug-likeness (QED) is 0.401. The van der Waals surface area contributed by atoms with E-state index in [0.29, 0.717) is 6.61 Å². The van der Waals surface area contributed by atoms with Gasteiger partial charge in [0.15, 0.2) is 0 Å². The molecule has 0 radical (unpaired) electrons. The van der Waals surface area contributed by atoms with Crippen molar-refractivity contribution in [2.45, 2.75) is 38.5 Å². The fraction of sp³-hybridized carbons (Fsp3) is 1.00. The third-order valence-electron chi connectivity index (χ3n) is 2.40. The van der Waals surface area contributed by atoms with Crippen LogP contribution in [0, 0.1) is 5.92 Å². The van der Waals surface area contributed by atoms with Gasteiger partial charge in [0, 0.05) is 0 Å². The molecule has 3 nitrogen and oxygen atoms in total. The number of rotatable bonds is 5. The van der Waals surface area contributed by atoms with Gasteiger partial charge in [0.25, 0.3) is 0 Å². The van der Waals surface area contributed by atoms with Crippen molar-refractivity contribution >= 4 is 0 Å². The van der Waals surface area contributed by atoms with Gasteiger partial charge in [0.1, 0.15) is 6.61 Å². The lowest BCUT2D eigenvalue weighted by atomic mass is 10.0. The summed E-state index contributed by atoms with van der Waals surface area (Å²) in [6, 6.07) is 0. The molecule has 0 bridgehead atoms. The van der Waals surface area contributed by atoms with E-state index in [9.17, 15) is 6.87 Å². The maximum absolute atomic E-state index is 10.1. The molecule has 0 aliphatic heterocycles. The first-order valence-corrected chi connectivity index (χ1v) is 7.12. The Morgan fingerprint density at radius 2 is 1.92 bits per heavy atom.